The smallest absolute Gasteiger partial charge is 0.296 e. The lowest BCUT2D eigenvalue weighted by atomic mass is 9.82. The Labute approximate surface area is 211 Å². The predicted molar refractivity (Wildman–Crippen MR) is 136 cm³/mol. The van der Waals surface area contributed by atoms with E-state index < -0.39 is 23.1 Å². The van der Waals surface area contributed by atoms with Crippen molar-refractivity contribution in [2.75, 3.05) is 38.3 Å². The highest BCUT2D eigenvalue weighted by atomic mass is 16.5. The second kappa shape index (κ2) is 10.5. The van der Waals surface area contributed by atoms with Gasteiger partial charge in [0.2, 0.25) is 0 Å². The van der Waals surface area contributed by atoms with Crippen molar-refractivity contribution in [3.63, 3.8) is 0 Å². The van der Waals surface area contributed by atoms with Crippen molar-refractivity contribution < 1.29 is 29.0 Å². The zero-order valence-electron chi connectivity index (χ0n) is 21.0. The van der Waals surface area contributed by atoms with Crippen molar-refractivity contribution in [1.29, 1.82) is 0 Å². The molecular weight excluding hydrogens is 460 g/mol. The molecule has 1 saturated heterocycles. The Balaban J connectivity index is 1.93. The Morgan fingerprint density at radius 1 is 0.944 bits per heavy atom. The van der Waals surface area contributed by atoms with E-state index in [1.54, 1.807) is 48.4 Å². The van der Waals surface area contributed by atoms with Crippen LogP contribution in [-0.2, 0) is 24.7 Å². The molecule has 1 fully saturated rings. The maximum Gasteiger partial charge on any atom is 0.296 e. The van der Waals surface area contributed by atoms with Crippen LogP contribution in [0.4, 0.5) is 5.69 Å². The van der Waals surface area contributed by atoms with Gasteiger partial charge in [-0.1, -0.05) is 32.0 Å². The van der Waals surface area contributed by atoms with Gasteiger partial charge in [-0.25, -0.2) is 0 Å². The topological polar surface area (TPSA) is 96.4 Å². The summed E-state index contributed by atoms with van der Waals surface area (Å²) < 4.78 is 10.8. The van der Waals surface area contributed by atoms with E-state index in [-0.39, 0.29) is 17.9 Å². The minimum absolute atomic E-state index is 0.124. The van der Waals surface area contributed by atoms with Crippen molar-refractivity contribution in [3.05, 3.63) is 65.2 Å². The summed E-state index contributed by atoms with van der Waals surface area (Å²) in [6, 6.07) is 13.8. The standard InChI is InChI=1S/C28H32N2O6/c1-4-15-29-22-10-7-6-9-21(22)28(27(29)34)23(25(32)26(33)30(28)16-8-18-35-3)24(31)19-11-13-20(14-12-19)36-17-5-2/h6-7,9-14,31H,4-5,8,15-18H2,1-3H3/b24-23-/t28-/m0/s1. The van der Waals surface area contributed by atoms with Crippen molar-refractivity contribution in [1.82, 2.24) is 4.90 Å². The summed E-state index contributed by atoms with van der Waals surface area (Å²) in [5.41, 5.74) is -0.466. The highest BCUT2D eigenvalue weighted by molar-refractivity contribution is 6.50. The van der Waals surface area contributed by atoms with Crippen LogP contribution in [0.3, 0.4) is 0 Å². The Kier molecular flexibility index (Phi) is 7.45. The summed E-state index contributed by atoms with van der Waals surface area (Å²) in [5.74, 6) is -1.85. The normalized spacial score (nSPS) is 20.5. The molecule has 2 aromatic rings. The third kappa shape index (κ3) is 3.95. The molecule has 4 rings (SSSR count). The van der Waals surface area contributed by atoms with Gasteiger partial charge in [0.05, 0.1) is 17.9 Å². The maximum atomic E-state index is 14.2. The van der Waals surface area contributed by atoms with E-state index in [0.29, 0.717) is 55.2 Å². The summed E-state index contributed by atoms with van der Waals surface area (Å²) in [6.07, 6.45) is 1.97. The number of amides is 2. The van der Waals surface area contributed by atoms with Gasteiger partial charge in [0.1, 0.15) is 11.5 Å². The number of ketones is 1. The molecular formula is C28H32N2O6. The van der Waals surface area contributed by atoms with Gasteiger partial charge in [-0.3, -0.25) is 14.4 Å². The third-order valence-electron chi connectivity index (χ3n) is 6.59. The average molecular weight is 493 g/mol. The van der Waals surface area contributed by atoms with Gasteiger partial charge >= 0.3 is 0 Å². The molecule has 0 radical (unpaired) electrons. The second-order valence-electron chi connectivity index (χ2n) is 8.91. The van der Waals surface area contributed by atoms with Crippen molar-refractivity contribution in [3.8, 4) is 5.75 Å². The van der Waals surface area contributed by atoms with Gasteiger partial charge in [-0.15, -0.1) is 0 Å². The van der Waals surface area contributed by atoms with Crippen molar-refractivity contribution in [2.24, 2.45) is 0 Å². The minimum atomic E-state index is -1.74. The third-order valence-corrected chi connectivity index (χ3v) is 6.59. The molecule has 8 heteroatoms. The number of hydrogen-bond donors (Lipinski definition) is 1. The fraction of sp³-hybridized carbons (Fsp3) is 0.393. The van der Waals surface area contributed by atoms with Crippen LogP contribution in [0.15, 0.2) is 54.1 Å². The molecule has 8 nitrogen and oxygen atoms in total. The van der Waals surface area contributed by atoms with Crippen molar-refractivity contribution >= 4 is 29.0 Å². The molecule has 190 valence electrons. The molecule has 2 amide bonds. The summed E-state index contributed by atoms with van der Waals surface area (Å²) in [7, 11) is 1.55. The summed E-state index contributed by atoms with van der Waals surface area (Å²) in [5, 5.41) is 11.5. The largest absolute Gasteiger partial charge is 0.507 e. The average Bonchev–Trinajstić information content (AvgIpc) is 3.27. The van der Waals surface area contributed by atoms with Crippen LogP contribution in [0.2, 0.25) is 0 Å². The molecule has 36 heavy (non-hydrogen) atoms. The van der Waals surface area contributed by atoms with Crippen LogP contribution in [0.1, 0.15) is 44.2 Å². The number of para-hydroxylation sites is 1. The Bertz CT molecular complexity index is 1190. The first kappa shape index (κ1) is 25.4. The number of likely N-dealkylation sites (tertiary alicyclic amines) is 1. The molecule has 2 aliphatic heterocycles. The zero-order valence-corrected chi connectivity index (χ0v) is 21.0. The lowest BCUT2D eigenvalue weighted by molar-refractivity contribution is -0.143. The van der Waals surface area contributed by atoms with Crippen molar-refractivity contribution in [2.45, 2.75) is 38.6 Å². The van der Waals surface area contributed by atoms with Gasteiger partial charge < -0.3 is 24.4 Å². The fourth-order valence-electron chi connectivity index (χ4n) is 5.05. The quantitative estimate of drug-likeness (QED) is 0.234. The van der Waals surface area contributed by atoms with Crippen LogP contribution in [0, 0.1) is 0 Å². The molecule has 0 aromatic heterocycles. The first-order chi connectivity index (χ1) is 17.4. The highest BCUT2D eigenvalue weighted by Gasteiger charge is 2.66. The fourth-order valence-corrected chi connectivity index (χ4v) is 5.05. The molecule has 0 saturated carbocycles. The number of rotatable bonds is 10. The first-order valence-electron chi connectivity index (χ1n) is 12.4. The molecule has 0 bridgehead atoms. The minimum Gasteiger partial charge on any atom is -0.507 e. The predicted octanol–water partition coefficient (Wildman–Crippen LogP) is 3.84. The Morgan fingerprint density at radius 2 is 1.67 bits per heavy atom. The van der Waals surface area contributed by atoms with Crippen LogP contribution >= 0.6 is 0 Å². The molecule has 1 spiro atoms. The van der Waals surface area contributed by atoms with Crippen LogP contribution in [0.25, 0.3) is 5.76 Å². The Hall–Kier alpha value is -3.65. The molecule has 2 aliphatic rings. The molecule has 0 unspecified atom stereocenters. The van der Waals surface area contributed by atoms with E-state index in [9.17, 15) is 19.5 Å². The molecule has 1 atom stereocenters. The number of aliphatic hydroxyl groups is 1. The lowest BCUT2D eigenvalue weighted by Crippen LogP contribution is -2.52. The van der Waals surface area contributed by atoms with Gasteiger partial charge in [-0.2, -0.15) is 0 Å². The van der Waals surface area contributed by atoms with E-state index >= 15 is 0 Å². The number of nitrogens with zero attached hydrogens (tertiary/aromatic N) is 2. The van der Waals surface area contributed by atoms with E-state index in [4.69, 9.17) is 9.47 Å². The first-order valence-corrected chi connectivity index (χ1v) is 12.4. The summed E-state index contributed by atoms with van der Waals surface area (Å²) in [4.78, 5) is 44.1. The van der Waals surface area contributed by atoms with Crippen LogP contribution in [0.5, 0.6) is 5.75 Å². The Morgan fingerprint density at radius 3 is 2.33 bits per heavy atom. The van der Waals surface area contributed by atoms with Gasteiger partial charge in [0, 0.05) is 37.9 Å². The molecule has 1 N–H and O–H groups in total. The number of methoxy groups -OCH3 is 1. The number of anilines is 1. The second-order valence-corrected chi connectivity index (χ2v) is 8.91. The number of hydrogen-bond acceptors (Lipinski definition) is 6. The summed E-state index contributed by atoms with van der Waals surface area (Å²) >= 11 is 0. The molecule has 2 aromatic carbocycles. The van der Waals surface area contributed by atoms with E-state index in [1.165, 1.54) is 4.90 Å². The van der Waals surface area contributed by atoms with E-state index in [0.717, 1.165) is 6.42 Å². The lowest BCUT2D eigenvalue weighted by Gasteiger charge is -2.34. The number of ether oxygens (including phenoxy) is 2. The number of Topliss-reactive ketones (excluding diaryl/α,β-unsaturated/α-hetero) is 1. The maximum absolute atomic E-state index is 14.2. The van der Waals surface area contributed by atoms with Crippen LogP contribution < -0.4 is 9.64 Å². The number of aliphatic hydroxyl groups excluding tert-OH is 1. The van der Waals surface area contributed by atoms with Gasteiger partial charge in [0.25, 0.3) is 17.6 Å². The number of fused-ring (bicyclic) bond motifs is 2. The molecule has 2 heterocycles. The van der Waals surface area contributed by atoms with E-state index in [1.807, 2.05) is 26.0 Å². The zero-order chi connectivity index (χ0) is 25.9. The number of carbonyl (C=O) groups is 3. The SMILES string of the molecule is CCCOc1ccc(/C(O)=C2\C(=O)C(=O)N(CCCOC)[C@]23C(=O)N(CCC)c2ccccc23)cc1. The van der Waals surface area contributed by atoms with Gasteiger partial charge in [-0.05, 0) is 49.6 Å². The van der Waals surface area contributed by atoms with Crippen LogP contribution in [-0.4, -0.2) is 61.0 Å². The number of benzene rings is 2. The molecule has 0 aliphatic carbocycles. The monoisotopic (exact) mass is 492 g/mol. The van der Waals surface area contributed by atoms with Gasteiger partial charge in [0.15, 0.2) is 5.54 Å². The number of carbonyl (C=O) groups excluding carboxylic acids is 3. The summed E-state index contributed by atoms with van der Waals surface area (Å²) in [6.45, 7) is 5.41. The highest BCUT2D eigenvalue weighted by Crippen LogP contribution is 2.53. The van der Waals surface area contributed by atoms with E-state index in [2.05, 4.69) is 0 Å².